The first-order valence-corrected chi connectivity index (χ1v) is 11.3. The van der Waals surface area contributed by atoms with Gasteiger partial charge in [0.2, 0.25) is 0 Å². The summed E-state index contributed by atoms with van der Waals surface area (Å²) in [5.41, 5.74) is 1.11. The van der Waals surface area contributed by atoms with Crippen molar-refractivity contribution in [1.82, 2.24) is 9.97 Å². The first kappa shape index (κ1) is 17.0. The quantitative estimate of drug-likeness (QED) is 0.691. The van der Waals surface area contributed by atoms with Gasteiger partial charge in [0.25, 0.3) is 0 Å². The summed E-state index contributed by atoms with van der Waals surface area (Å²) in [6.45, 7) is 1.83. The lowest BCUT2D eigenvalue weighted by atomic mass is 10.2. The smallest absolute Gasteiger partial charge is 0.154 e. The van der Waals surface area contributed by atoms with E-state index in [1.807, 2.05) is 43.3 Å². The fraction of sp³-hybridized carbons (Fsp3) is 0.294. The van der Waals surface area contributed by atoms with Crippen LogP contribution in [0.5, 0.6) is 0 Å². The fourth-order valence-electron chi connectivity index (χ4n) is 2.88. The highest BCUT2D eigenvalue weighted by Gasteiger charge is 2.37. The van der Waals surface area contributed by atoms with Gasteiger partial charge in [-0.15, -0.1) is 11.3 Å². The van der Waals surface area contributed by atoms with E-state index in [9.17, 15) is 13.5 Å². The van der Waals surface area contributed by atoms with Gasteiger partial charge < -0.3 is 5.11 Å². The number of fused-ring (bicyclic) bond motifs is 1. The Bertz CT molecular complexity index is 1030. The van der Waals surface area contributed by atoms with Gasteiger partial charge in [0, 0.05) is 10.3 Å². The third kappa shape index (κ3) is 3.44. The van der Waals surface area contributed by atoms with Crippen LogP contribution in [0.1, 0.15) is 5.82 Å². The number of thioether (sulfide) groups is 1. The van der Waals surface area contributed by atoms with Crippen molar-refractivity contribution >= 4 is 43.2 Å². The van der Waals surface area contributed by atoms with Gasteiger partial charge in [-0.3, -0.25) is 0 Å². The van der Waals surface area contributed by atoms with E-state index in [0.29, 0.717) is 5.82 Å². The minimum Gasteiger partial charge on any atom is -0.391 e. The molecule has 1 fully saturated rings. The zero-order chi connectivity index (χ0) is 17.6. The summed E-state index contributed by atoms with van der Waals surface area (Å²) in [5, 5.41) is 11.3. The standard InChI is InChI=1S/C17H16N2O3S3/c1-10-18-16-12(7-14(23-16)11-5-3-2-4-6-11)17(19-10)24-15-9-25(21,22)8-13(15)20/h2-7,13,15,20H,8-9H2,1H3/t13-,15-/m0/s1. The summed E-state index contributed by atoms with van der Waals surface area (Å²) >= 11 is 2.93. The topological polar surface area (TPSA) is 80.2 Å². The highest BCUT2D eigenvalue weighted by molar-refractivity contribution is 8.02. The molecule has 0 radical (unpaired) electrons. The van der Waals surface area contributed by atoms with Crippen molar-refractivity contribution in [3.05, 3.63) is 42.2 Å². The maximum absolute atomic E-state index is 11.8. The average molecular weight is 393 g/mol. The van der Waals surface area contributed by atoms with Gasteiger partial charge in [0.15, 0.2) is 9.84 Å². The lowest BCUT2D eigenvalue weighted by molar-refractivity contribution is 0.207. The van der Waals surface area contributed by atoms with Crippen molar-refractivity contribution in [3.63, 3.8) is 0 Å². The number of sulfone groups is 1. The van der Waals surface area contributed by atoms with Crippen LogP contribution in [0.25, 0.3) is 20.7 Å². The molecule has 130 valence electrons. The molecule has 0 spiro atoms. The third-order valence-electron chi connectivity index (χ3n) is 4.06. The fourth-order valence-corrected chi connectivity index (χ4v) is 7.67. The SMILES string of the molecule is Cc1nc(S[C@H]2CS(=O)(=O)C[C@@H]2O)c2cc(-c3ccccc3)sc2n1. The normalized spacial score (nSPS) is 22.5. The number of hydrogen-bond acceptors (Lipinski definition) is 7. The summed E-state index contributed by atoms with van der Waals surface area (Å²) in [6, 6.07) is 12.1. The number of aliphatic hydroxyl groups is 1. The van der Waals surface area contributed by atoms with Crippen LogP contribution in [0.3, 0.4) is 0 Å². The zero-order valence-electron chi connectivity index (χ0n) is 13.4. The first-order chi connectivity index (χ1) is 11.9. The van der Waals surface area contributed by atoms with Crippen LogP contribution in [0.15, 0.2) is 41.4 Å². The summed E-state index contributed by atoms with van der Waals surface area (Å²) in [7, 11) is -3.18. The van der Waals surface area contributed by atoms with E-state index >= 15 is 0 Å². The average Bonchev–Trinajstić information content (AvgIpc) is 3.08. The number of nitrogens with zero attached hydrogens (tertiary/aromatic N) is 2. The molecule has 3 aromatic rings. The number of hydrogen-bond donors (Lipinski definition) is 1. The van der Waals surface area contributed by atoms with Crippen molar-refractivity contribution in [3.8, 4) is 10.4 Å². The van der Waals surface area contributed by atoms with Gasteiger partial charge >= 0.3 is 0 Å². The summed E-state index contributed by atoms with van der Waals surface area (Å²) in [4.78, 5) is 11.0. The van der Waals surface area contributed by atoms with E-state index in [4.69, 9.17) is 0 Å². The monoisotopic (exact) mass is 392 g/mol. The minimum absolute atomic E-state index is 0.0148. The second-order valence-electron chi connectivity index (χ2n) is 6.07. The van der Waals surface area contributed by atoms with Gasteiger partial charge in [-0.25, -0.2) is 18.4 Å². The molecule has 0 saturated carbocycles. The molecule has 3 heterocycles. The van der Waals surface area contributed by atoms with Crippen LogP contribution in [0.4, 0.5) is 0 Å². The maximum Gasteiger partial charge on any atom is 0.154 e. The van der Waals surface area contributed by atoms with Crippen LogP contribution in [-0.4, -0.2) is 46.4 Å². The second kappa shape index (κ2) is 6.35. The van der Waals surface area contributed by atoms with Crippen LogP contribution in [-0.2, 0) is 9.84 Å². The molecular weight excluding hydrogens is 376 g/mol. The molecule has 1 aliphatic heterocycles. The Labute approximate surface area is 154 Å². The Kier molecular flexibility index (Phi) is 4.31. The Morgan fingerprint density at radius 3 is 2.64 bits per heavy atom. The van der Waals surface area contributed by atoms with Gasteiger partial charge in [0.05, 0.1) is 22.9 Å². The number of aryl methyl sites for hydroxylation is 1. The number of aliphatic hydroxyl groups excluding tert-OH is 1. The van der Waals surface area contributed by atoms with Crippen LogP contribution in [0, 0.1) is 6.92 Å². The Hall–Kier alpha value is -1.48. The predicted octanol–water partition coefficient (Wildman–Crippen LogP) is 2.92. The summed E-state index contributed by atoms with van der Waals surface area (Å²) in [6.07, 6.45) is -0.854. The number of aromatic nitrogens is 2. The Morgan fingerprint density at radius 1 is 1.20 bits per heavy atom. The van der Waals surface area contributed by atoms with Crippen molar-refractivity contribution < 1.29 is 13.5 Å². The number of rotatable bonds is 3. The molecule has 0 unspecified atom stereocenters. The molecule has 1 aromatic carbocycles. The molecule has 0 aliphatic carbocycles. The van der Waals surface area contributed by atoms with Crippen molar-refractivity contribution in [2.24, 2.45) is 0 Å². The minimum atomic E-state index is -3.18. The molecule has 1 saturated heterocycles. The van der Waals surface area contributed by atoms with E-state index in [1.54, 1.807) is 11.3 Å². The third-order valence-corrected chi connectivity index (χ3v) is 8.39. The molecule has 8 heteroatoms. The summed E-state index contributed by atoms with van der Waals surface area (Å²) < 4.78 is 23.5. The molecule has 1 aliphatic rings. The van der Waals surface area contributed by atoms with Gasteiger partial charge in [-0.1, -0.05) is 42.1 Å². The molecule has 4 rings (SSSR count). The van der Waals surface area contributed by atoms with E-state index in [2.05, 4.69) is 9.97 Å². The number of benzene rings is 1. The largest absolute Gasteiger partial charge is 0.391 e. The Morgan fingerprint density at radius 2 is 1.96 bits per heavy atom. The zero-order valence-corrected chi connectivity index (χ0v) is 15.9. The van der Waals surface area contributed by atoms with Gasteiger partial charge in [-0.2, -0.15) is 0 Å². The van der Waals surface area contributed by atoms with E-state index in [1.165, 1.54) is 11.8 Å². The van der Waals surface area contributed by atoms with E-state index in [-0.39, 0.29) is 16.8 Å². The molecule has 25 heavy (non-hydrogen) atoms. The van der Waals surface area contributed by atoms with Crippen molar-refractivity contribution in [2.45, 2.75) is 23.3 Å². The highest BCUT2D eigenvalue weighted by Crippen LogP contribution is 2.39. The first-order valence-electron chi connectivity index (χ1n) is 7.80. The molecular formula is C17H16N2O3S3. The van der Waals surface area contributed by atoms with E-state index < -0.39 is 15.9 Å². The van der Waals surface area contributed by atoms with Crippen molar-refractivity contribution in [2.75, 3.05) is 11.5 Å². The molecule has 0 bridgehead atoms. The number of thiophene rings is 1. The van der Waals surface area contributed by atoms with Crippen molar-refractivity contribution in [1.29, 1.82) is 0 Å². The highest BCUT2D eigenvalue weighted by atomic mass is 32.2. The van der Waals surface area contributed by atoms with Crippen LogP contribution >= 0.6 is 23.1 Å². The van der Waals surface area contributed by atoms with Gasteiger partial charge in [-0.05, 0) is 18.6 Å². The molecule has 2 atom stereocenters. The Balaban J connectivity index is 1.75. The maximum atomic E-state index is 11.8. The lowest BCUT2D eigenvalue weighted by Crippen LogP contribution is -2.20. The second-order valence-corrected chi connectivity index (χ2v) is 10.5. The van der Waals surface area contributed by atoms with Gasteiger partial charge in [0.1, 0.15) is 15.7 Å². The molecule has 5 nitrogen and oxygen atoms in total. The van der Waals surface area contributed by atoms with Crippen LogP contribution < -0.4 is 0 Å². The summed E-state index contributed by atoms with van der Waals surface area (Å²) in [5.74, 6) is 0.461. The molecule has 0 amide bonds. The lowest BCUT2D eigenvalue weighted by Gasteiger charge is -2.12. The van der Waals surface area contributed by atoms with E-state index in [0.717, 1.165) is 25.7 Å². The van der Waals surface area contributed by atoms with Crippen LogP contribution in [0.2, 0.25) is 0 Å². The molecule has 1 N–H and O–H groups in total. The molecule has 2 aromatic heterocycles. The predicted molar refractivity (Wildman–Crippen MR) is 102 cm³/mol.